The molecule has 0 saturated heterocycles. The van der Waals surface area contributed by atoms with Crippen LogP contribution in [0.2, 0.25) is 0 Å². The Morgan fingerprint density at radius 3 is 2.76 bits per heavy atom. The molecule has 0 saturated carbocycles. The molecule has 112 valence electrons. The maximum atomic E-state index is 13.3. The number of hydrogen-bond acceptors (Lipinski definition) is 3. The first kappa shape index (κ1) is 15.9. The molecule has 0 bridgehead atoms. The number of nitrogens with one attached hydrogen (secondary N) is 1. The van der Waals surface area contributed by atoms with Crippen molar-refractivity contribution in [3.05, 3.63) is 57.9 Å². The van der Waals surface area contributed by atoms with E-state index in [9.17, 15) is 4.39 Å². The Hall–Kier alpha value is -1.46. The summed E-state index contributed by atoms with van der Waals surface area (Å²) in [6.07, 6.45) is 1.17. The van der Waals surface area contributed by atoms with Gasteiger partial charge in [0.15, 0.2) is 0 Å². The van der Waals surface area contributed by atoms with Gasteiger partial charge >= 0.3 is 0 Å². The molecule has 0 spiro atoms. The van der Waals surface area contributed by atoms with Crippen molar-refractivity contribution in [1.82, 2.24) is 10.3 Å². The van der Waals surface area contributed by atoms with Gasteiger partial charge in [0.25, 0.3) is 0 Å². The summed E-state index contributed by atoms with van der Waals surface area (Å²) in [5, 5.41) is 3.24. The molecular formula is C16H18BrFN2O. The summed E-state index contributed by atoms with van der Waals surface area (Å²) in [6.45, 7) is 4.98. The molecule has 0 fully saturated rings. The zero-order valence-electron chi connectivity index (χ0n) is 12.1. The number of rotatable bonds is 6. The molecule has 0 atom stereocenters. The van der Waals surface area contributed by atoms with Gasteiger partial charge in [0.1, 0.15) is 12.4 Å². The molecule has 1 aromatic heterocycles. The van der Waals surface area contributed by atoms with Crippen LogP contribution in [0.25, 0.3) is 0 Å². The molecule has 2 rings (SSSR count). The van der Waals surface area contributed by atoms with Crippen LogP contribution in [0.5, 0.6) is 5.88 Å². The van der Waals surface area contributed by atoms with Crippen molar-refractivity contribution in [1.29, 1.82) is 0 Å². The van der Waals surface area contributed by atoms with Crippen LogP contribution in [0.3, 0.4) is 0 Å². The standard InChI is InChI=1S/C16H18BrFN2O/c1-11(2)19-8-13-7-14(18)9-20-16(13)21-10-12-5-3-4-6-15(12)17/h3-7,9,11,19H,8,10H2,1-2H3. The summed E-state index contributed by atoms with van der Waals surface area (Å²) < 4.78 is 20.1. The fourth-order valence-corrected chi connectivity index (χ4v) is 2.20. The molecule has 1 N–H and O–H groups in total. The van der Waals surface area contributed by atoms with Crippen LogP contribution in [0.1, 0.15) is 25.0 Å². The molecule has 5 heteroatoms. The van der Waals surface area contributed by atoms with Crippen LogP contribution in [0, 0.1) is 5.82 Å². The summed E-state index contributed by atoms with van der Waals surface area (Å²) in [6, 6.07) is 9.59. The van der Waals surface area contributed by atoms with E-state index >= 15 is 0 Å². The van der Waals surface area contributed by atoms with Crippen LogP contribution in [0.15, 0.2) is 41.0 Å². The van der Waals surface area contributed by atoms with Crippen molar-refractivity contribution in [3.63, 3.8) is 0 Å². The summed E-state index contributed by atoms with van der Waals surface area (Å²) in [4.78, 5) is 4.05. The van der Waals surface area contributed by atoms with E-state index in [0.717, 1.165) is 15.6 Å². The normalized spacial score (nSPS) is 10.9. The van der Waals surface area contributed by atoms with Gasteiger partial charge in [0, 0.05) is 28.2 Å². The van der Waals surface area contributed by atoms with Crippen LogP contribution >= 0.6 is 15.9 Å². The predicted molar refractivity (Wildman–Crippen MR) is 84.6 cm³/mol. The first-order valence-corrected chi connectivity index (χ1v) is 7.59. The maximum Gasteiger partial charge on any atom is 0.218 e. The summed E-state index contributed by atoms with van der Waals surface area (Å²) in [5.41, 5.74) is 1.74. The van der Waals surface area contributed by atoms with E-state index in [1.807, 2.05) is 38.1 Å². The van der Waals surface area contributed by atoms with E-state index in [1.54, 1.807) is 0 Å². The monoisotopic (exact) mass is 352 g/mol. The van der Waals surface area contributed by atoms with Gasteiger partial charge in [-0.2, -0.15) is 0 Å². The van der Waals surface area contributed by atoms with Crippen molar-refractivity contribution < 1.29 is 9.13 Å². The van der Waals surface area contributed by atoms with Gasteiger partial charge in [-0.25, -0.2) is 9.37 Å². The number of ether oxygens (including phenoxy) is 1. The van der Waals surface area contributed by atoms with Crippen LogP contribution in [-0.4, -0.2) is 11.0 Å². The third-order valence-electron chi connectivity index (χ3n) is 2.91. The van der Waals surface area contributed by atoms with Gasteiger partial charge in [-0.1, -0.05) is 48.0 Å². The molecule has 3 nitrogen and oxygen atoms in total. The molecule has 0 aliphatic carbocycles. The number of aromatic nitrogens is 1. The van der Waals surface area contributed by atoms with Gasteiger partial charge < -0.3 is 10.1 Å². The lowest BCUT2D eigenvalue weighted by molar-refractivity contribution is 0.287. The third kappa shape index (κ3) is 4.79. The largest absolute Gasteiger partial charge is 0.473 e. The topological polar surface area (TPSA) is 34.2 Å². The molecule has 0 amide bonds. The maximum absolute atomic E-state index is 13.3. The van der Waals surface area contributed by atoms with Crippen molar-refractivity contribution in [2.24, 2.45) is 0 Å². The first-order chi connectivity index (χ1) is 10.1. The van der Waals surface area contributed by atoms with E-state index < -0.39 is 0 Å². The predicted octanol–water partition coefficient (Wildman–Crippen LogP) is 4.06. The van der Waals surface area contributed by atoms with Crippen molar-refractivity contribution >= 4 is 15.9 Å². The summed E-state index contributed by atoms with van der Waals surface area (Å²) in [7, 11) is 0. The molecule has 0 aliphatic rings. The highest BCUT2D eigenvalue weighted by Crippen LogP contribution is 2.21. The molecule has 1 heterocycles. The second-order valence-corrected chi connectivity index (χ2v) is 5.89. The molecule has 1 aromatic carbocycles. The number of nitrogens with zero attached hydrogens (tertiary/aromatic N) is 1. The SMILES string of the molecule is CC(C)NCc1cc(F)cnc1OCc1ccccc1Br. The quantitative estimate of drug-likeness (QED) is 0.851. The van der Waals surface area contributed by atoms with Crippen molar-refractivity contribution in [3.8, 4) is 5.88 Å². The van der Waals surface area contributed by atoms with Crippen LogP contribution in [-0.2, 0) is 13.2 Å². The summed E-state index contributed by atoms with van der Waals surface area (Å²) >= 11 is 3.48. The fourth-order valence-electron chi connectivity index (χ4n) is 1.80. The van der Waals surface area contributed by atoms with E-state index in [1.165, 1.54) is 12.3 Å². The van der Waals surface area contributed by atoms with E-state index in [-0.39, 0.29) is 5.82 Å². The molecule has 0 radical (unpaired) electrons. The molecule has 21 heavy (non-hydrogen) atoms. The number of hydrogen-bond donors (Lipinski definition) is 1. The highest BCUT2D eigenvalue weighted by molar-refractivity contribution is 9.10. The molecule has 2 aromatic rings. The van der Waals surface area contributed by atoms with Gasteiger partial charge in [-0.3, -0.25) is 0 Å². The molecule has 0 unspecified atom stereocenters. The minimum absolute atomic E-state index is 0.310. The van der Waals surface area contributed by atoms with Gasteiger partial charge in [0.2, 0.25) is 5.88 Å². The lowest BCUT2D eigenvalue weighted by Gasteiger charge is -2.13. The number of pyridine rings is 1. The van der Waals surface area contributed by atoms with Crippen LogP contribution in [0.4, 0.5) is 4.39 Å². The van der Waals surface area contributed by atoms with Gasteiger partial charge in [-0.05, 0) is 12.1 Å². The second-order valence-electron chi connectivity index (χ2n) is 5.03. The van der Waals surface area contributed by atoms with E-state index in [0.29, 0.717) is 25.1 Å². The van der Waals surface area contributed by atoms with E-state index in [4.69, 9.17) is 4.74 Å². The zero-order valence-corrected chi connectivity index (χ0v) is 13.7. The Morgan fingerprint density at radius 1 is 1.29 bits per heavy atom. The Labute approximate surface area is 132 Å². The van der Waals surface area contributed by atoms with E-state index in [2.05, 4.69) is 26.2 Å². The average molecular weight is 353 g/mol. The smallest absolute Gasteiger partial charge is 0.218 e. The Morgan fingerprint density at radius 2 is 2.05 bits per heavy atom. The number of halogens is 2. The van der Waals surface area contributed by atoms with Crippen molar-refractivity contribution in [2.45, 2.75) is 33.0 Å². The van der Waals surface area contributed by atoms with Crippen LogP contribution < -0.4 is 10.1 Å². The average Bonchev–Trinajstić information content (AvgIpc) is 2.45. The van der Waals surface area contributed by atoms with Crippen molar-refractivity contribution in [2.75, 3.05) is 0 Å². The summed E-state index contributed by atoms with van der Waals surface area (Å²) in [5.74, 6) is 0.101. The lowest BCUT2D eigenvalue weighted by Crippen LogP contribution is -2.22. The van der Waals surface area contributed by atoms with Gasteiger partial charge in [-0.15, -0.1) is 0 Å². The van der Waals surface area contributed by atoms with Gasteiger partial charge in [0.05, 0.1) is 6.20 Å². The molecular weight excluding hydrogens is 335 g/mol. The number of benzene rings is 1. The zero-order chi connectivity index (χ0) is 15.2. The lowest BCUT2D eigenvalue weighted by atomic mass is 10.2. The fraction of sp³-hybridized carbons (Fsp3) is 0.312. The molecule has 0 aliphatic heterocycles. The Bertz CT molecular complexity index is 605. The minimum Gasteiger partial charge on any atom is -0.473 e. The first-order valence-electron chi connectivity index (χ1n) is 6.80. The third-order valence-corrected chi connectivity index (χ3v) is 3.69. The minimum atomic E-state index is -0.358. The second kappa shape index (κ2) is 7.52. The Balaban J connectivity index is 2.10. The Kier molecular flexibility index (Phi) is 5.70. The highest BCUT2D eigenvalue weighted by Gasteiger charge is 2.09. The highest BCUT2D eigenvalue weighted by atomic mass is 79.9.